The van der Waals surface area contributed by atoms with Gasteiger partial charge in [0, 0.05) is 12.8 Å². The fourth-order valence-corrected chi connectivity index (χ4v) is 6.18. The van der Waals surface area contributed by atoms with Crippen LogP contribution in [-0.4, -0.2) is 81.2 Å². The Kier molecular flexibility index (Phi) is 34.9. The number of hydrogen-bond acceptors (Lipinski definition) is 9. The number of allylic oxidation sites excluding steroid dienone is 8. The molecule has 55 heavy (non-hydrogen) atoms. The lowest BCUT2D eigenvalue weighted by Gasteiger charge is -2.28. The first-order chi connectivity index (χ1) is 26.4. The fraction of sp³-hybridized carbons (Fsp3) is 0.773. The van der Waals surface area contributed by atoms with Gasteiger partial charge in [0.05, 0.1) is 33.9 Å². The van der Waals surface area contributed by atoms with Gasteiger partial charge in [0.2, 0.25) is 0 Å². The molecule has 0 amide bonds. The first kappa shape index (κ1) is 52.9. The van der Waals surface area contributed by atoms with Crippen LogP contribution in [0.5, 0.6) is 0 Å². The number of likely N-dealkylation sites (N-methyl/N-ethyl adjacent to an activating group) is 1. The molecule has 1 N–H and O–H groups in total. The van der Waals surface area contributed by atoms with Crippen LogP contribution in [0.4, 0.5) is 0 Å². The van der Waals surface area contributed by atoms with Gasteiger partial charge in [-0.05, 0) is 57.8 Å². The minimum absolute atomic E-state index is 0.0454. The zero-order valence-corrected chi connectivity index (χ0v) is 36.4. The molecule has 0 aliphatic heterocycles. The van der Waals surface area contributed by atoms with Crippen LogP contribution in [0.1, 0.15) is 162 Å². The highest BCUT2D eigenvalue weighted by molar-refractivity contribution is 7.45. The molecule has 320 valence electrons. The second-order valence-electron chi connectivity index (χ2n) is 15.5. The highest BCUT2D eigenvalue weighted by Gasteiger charge is 2.21. The second kappa shape index (κ2) is 36.3. The van der Waals surface area contributed by atoms with Gasteiger partial charge >= 0.3 is 11.9 Å². The summed E-state index contributed by atoms with van der Waals surface area (Å²) in [5.74, 6) is -0.919. The van der Waals surface area contributed by atoms with Crippen molar-refractivity contribution in [1.29, 1.82) is 0 Å². The van der Waals surface area contributed by atoms with Crippen LogP contribution in [0.3, 0.4) is 0 Å². The second-order valence-corrected chi connectivity index (χ2v) is 16.9. The Bertz CT molecular complexity index is 1100. The maximum absolute atomic E-state index is 12.6. The number of aliphatic hydroxyl groups is 1. The van der Waals surface area contributed by atoms with Crippen molar-refractivity contribution < 1.29 is 47.2 Å². The van der Waals surface area contributed by atoms with Gasteiger partial charge in [-0.2, -0.15) is 0 Å². The number of unbranched alkanes of at least 4 members (excludes halogenated alkanes) is 13. The molecule has 11 heteroatoms. The Balaban J connectivity index is 4.47. The third-order valence-electron chi connectivity index (χ3n) is 9.02. The van der Waals surface area contributed by atoms with E-state index in [0.29, 0.717) is 23.9 Å². The molecule has 0 heterocycles. The molecule has 0 bridgehead atoms. The van der Waals surface area contributed by atoms with Gasteiger partial charge in [-0.1, -0.05) is 140 Å². The van der Waals surface area contributed by atoms with Crippen molar-refractivity contribution in [3.63, 3.8) is 0 Å². The summed E-state index contributed by atoms with van der Waals surface area (Å²) in [6.07, 6.45) is 38.0. The average Bonchev–Trinajstić information content (AvgIpc) is 3.13. The maximum Gasteiger partial charge on any atom is 0.306 e. The molecule has 0 aliphatic rings. The largest absolute Gasteiger partial charge is 0.756 e. The zero-order valence-electron chi connectivity index (χ0n) is 35.5. The molecular formula is C44H80NO9P. The average molecular weight is 798 g/mol. The Morgan fingerprint density at radius 3 is 1.67 bits per heavy atom. The van der Waals surface area contributed by atoms with E-state index < -0.39 is 32.5 Å². The van der Waals surface area contributed by atoms with Gasteiger partial charge in [-0.25, -0.2) is 0 Å². The topological polar surface area (TPSA) is 131 Å². The SMILES string of the molecule is CCCCCCCCCCCCCCCC(=O)O[C@H](COC(=O)CCC/C=C\C/C=C\C/C=C\C/C=C\CC[C@@H](O)CC)COP(=O)([O-])OCC[N+](C)(C)C. The first-order valence-electron chi connectivity index (χ1n) is 21.4. The van der Waals surface area contributed by atoms with E-state index in [1.807, 2.05) is 34.1 Å². The number of nitrogens with zero attached hydrogens (tertiary/aromatic N) is 1. The molecule has 0 saturated heterocycles. The standard InChI is InChI=1S/C44H80NO9P/c1-6-8-9-10-11-12-13-16-21-24-27-30-33-36-44(48)54-42(40-53-55(49,50)52-38-37-45(3,4)5)39-51-43(47)35-32-29-26-23-20-18-15-14-17-19-22-25-28-31-34-41(46)7-2/h15,17-19,23,25-26,28,41-42,46H,6-14,16,20-22,24,27,29-40H2,1-5H3/b18-15-,19-17-,26-23-,28-25-/t41-,42+/m0/s1. The smallest absolute Gasteiger partial charge is 0.306 e. The van der Waals surface area contributed by atoms with Crippen LogP contribution in [-0.2, 0) is 32.7 Å². The summed E-state index contributed by atoms with van der Waals surface area (Å²) >= 11 is 0. The maximum atomic E-state index is 12.6. The molecule has 1 unspecified atom stereocenters. The Morgan fingerprint density at radius 2 is 1.15 bits per heavy atom. The van der Waals surface area contributed by atoms with E-state index in [-0.39, 0.29) is 32.2 Å². The first-order valence-corrected chi connectivity index (χ1v) is 22.9. The van der Waals surface area contributed by atoms with Gasteiger partial charge in [0.15, 0.2) is 6.10 Å². The number of phosphoric ester groups is 1. The quantitative estimate of drug-likeness (QED) is 0.0213. The molecule has 0 spiro atoms. The van der Waals surface area contributed by atoms with Gasteiger partial charge in [-0.15, -0.1) is 0 Å². The predicted octanol–water partition coefficient (Wildman–Crippen LogP) is 10.2. The van der Waals surface area contributed by atoms with Crippen LogP contribution < -0.4 is 4.89 Å². The third kappa shape index (κ3) is 39.9. The highest BCUT2D eigenvalue weighted by Crippen LogP contribution is 2.38. The highest BCUT2D eigenvalue weighted by atomic mass is 31.2. The minimum Gasteiger partial charge on any atom is -0.756 e. The number of carbonyl (C=O) groups is 2. The number of aliphatic hydroxyl groups excluding tert-OH is 1. The van der Waals surface area contributed by atoms with Gasteiger partial charge in [0.1, 0.15) is 19.8 Å². The van der Waals surface area contributed by atoms with Crippen molar-refractivity contribution >= 4 is 19.8 Å². The summed E-state index contributed by atoms with van der Waals surface area (Å²) in [4.78, 5) is 37.4. The summed E-state index contributed by atoms with van der Waals surface area (Å²) < 4.78 is 33.8. The van der Waals surface area contributed by atoms with E-state index in [9.17, 15) is 24.2 Å². The lowest BCUT2D eigenvalue weighted by atomic mass is 10.0. The molecule has 0 saturated carbocycles. The van der Waals surface area contributed by atoms with Crippen molar-refractivity contribution in [2.45, 2.75) is 174 Å². The van der Waals surface area contributed by atoms with E-state index in [1.54, 1.807) is 0 Å². The molecule has 0 radical (unpaired) electrons. The summed E-state index contributed by atoms with van der Waals surface area (Å²) in [5, 5.41) is 9.56. The molecule has 10 nitrogen and oxygen atoms in total. The third-order valence-corrected chi connectivity index (χ3v) is 9.98. The number of quaternary nitrogens is 1. The molecule has 0 fully saturated rings. The van der Waals surface area contributed by atoms with Crippen LogP contribution in [0.15, 0.2) is 48.6 Å². The van der Waals surface area contributed by atoms with E-state index in [4.69, 9.17) is 18.5 Å². The molecule has 0 aromatic heterocycles. The molecule has 0 rings (SSSR count). The number of esters is 2. The monoisotopic (exact) mass is 798 g/mol. The summed E-state index contributed by atoms with van der Waals surface area (Å²) in [6.45, 7) is 3.86. The molecule has 0 aromatic rings. The van der Waals surface area contributed by atoms with E-state index in [1.165, 1.54) is 57.8 Å². The Morgan fingerprint density at radius 1 is 0.655 bits per heavy atom. The van der Waals surface area contributed by atoms with Crippen molar-refractivity contribution in [2.75, 3.05) is 47.5 Å². The lowest BCUT2D eigenvalue weighted by molar-refractivity contribution is -0.870. The Hall–Kier alpha value is -2.07. The number of rotatable bonds is 38. The van der Waals surface area contributed by atoms with Crippen molar-refractivity contribution in [3.05, 3.63) is 48.6 Å². The summed E-state index contributed by atoms with van der Waals surface area (Å²) in [6, 6.07) is 0. The predicted molar refractivity (Wildman–Crippen MR) is 223 cm³/mol. The lowest BCUT2D eigenvalue weighted by Crippen LogP contribution is -2.37. The number of carbonyl (C=O) groups excluding carboxylic acids is 2. The van der Waals surface area contributed by atoms with Gasteiger partial charge < -0.3 is 33.0 Å². The van der Waals surface area contributed by atoms with Gasteiger partial charge in [-0.3, -0.25) is 14.2 Å². The van der Waals surface area contributed by atoms with Crippen LogP contribution in [0.25, 0.3) is 0 Å². The molecule has 0 aromatic carbocycles. The van der Waals surface area contributed by atoms with Gasteiger partial charge in [0.25, 0.3) is 7.82 Å². The van der Waals surface area contributed by atoms with Crippen molar-refractivity contribution in [2.24, 2.45) is 0 Å². The van der Waals surface area contributed by atoms with E-state index in [0.717, 1.165) is 64.2 Å². The van der Waals surface area contributed by atoms with Crippen LogP contribution in [0.2, 0.25) is 0 Å². The molecular weight excluding hydrogens is 717 g/mol. The molecule has 3 atom stereocenters. The fourth-order valence-electron chi connectivity index (χ4n) is 5.45. The van der Waals surface area contributed by atoms with E-state index >= 15 is 0 Å². The van der Waals surface area contributed by atoms with Crippen molar-refractivity contribution in [3.8, 4) is 0 Å². The number of phosphoric acid groups is 1. The summed E-state index contributed by atoms with van der Waals surface area (Å²) in [5.41, 5.74) is 0. The molecule has 0 aliphatic carbocycles. The van der Waals surface area contributed by atoms with E-state index in [2.05, 4.69) is 49.5 Å². The zero-order chi connectivity index (χ0) is 40.9. The normalized spacial score (nSPS) is 14.7. The Labute approximate surface area is 336 Å². The van der Waals surface area contributed by atoms with Crippen molar-refractivity contribution in [1.82, 2.24) is 0 Å². The number of ether oxygens (including phenoxy) is 2. The van der Waals surface area contributed by atoms with Crippen LogP contribution in [0, 0.1) is 0 Å². The van der Waals surface area contributed by atoms with Crippen LogP contribution >= 0.6 is 7.82 Å². The minimum atomic E-state index is -4.64. The summed E-state index contributed by atoms with van der Waals surface area (Å²) in [7, 11) is 1.11. The number of hydrogen-bond donors (Lipinski definition) is 1.